The summed E-state index contributed by atoms with van der Waals surface area (Å²) in [6.07, 6.45) is 2.21. The van der Waals surface area contributed by atoms with Gasteiger partial charge >= 0.3 is 0 Å². The summed E-state index contributed by atoms with van der Waals surface area (Å²) in [5.41, 5.74) is 0. The fourth-order valence-electron chi connectivity index (χ4n) is 1.92. The van der Waals surface area contributed by atoms with Crippen LogP contribution in [0.2, 0.25) is 0 Å². The van der Waals surface area contributed by atoms with Gasteiger partial charge in [0.25, 0.3) is 0 Å². The Balaban J connectivity index is 2.33. The minimum Gasteiger partial charge on any atom is -0.493 e. The number of para-hydroxylation sites is 2. The first-order chi connectivity index (χ1) is 9.19. The highest BCUT2D eigenvalue weighted by Crippen LogP contribution is 2.26. The molecule has 0 aromatic heterocycles. The molecule has 1 rings (SSSR count). The van der Waals surface area contributed by atoms with Gasteiger partial charge in [0.1, 0.15) is 0 Å². The molecule has 0 aliphatic heterocycles. The third kappa shape index (κ3) is 5.52. The van der Waals surface area contributed by atoms with Gasteiger partial charge in [0, 0.05) is 6.04 Å². The van der Waals surface area contributed by atoms with Crippen molar-refractivity contribution < 1.29 is 9.47 Å². The van der Waals surface area contributed by atoms with E-state index >= 15 is 0 Å². The molecule has 3 nitrogen and oxygen atoms in total. The average Bonchev–Trinajstić information content (AvgIpc) is 2.45. The van der Waals surface area contributed by atoms with Crippen molar-refractivity contribution in [2.24, 2.45) is 5.92 Å². The van der Waals surface area contributed by atoms with Crippen molar-refractivity contribution in [3.63, 3.8) is 0 Å². The molecule has 0 spiro atoms. The molecule has 2 unspecified atom stereocenters. The van der Waals surface area contributed by atoms with E-state index in [1.165, 1.54) is 6.42 Å². The van der Waals surface area contributed by atoms with Crippen LogP contribution >= 0.6 is 0 Å². The molecule has 0 amide bonds. The molecule has 0 saturated carbocycles. The Morgan fingerprint density at radius 1 is 1.16 bits per heavy atom. The van der Waals surface area contributed by atoms with Crippen molar-refractivity contribution >= 4 is 0 Å². The topological polar surface area (TPSA) is 30.5 Å². The van der Waals surface area contributed by atoms with E-state index in [0.29, 0.717) is 12.0 Å². The largest absolute Gasteiger partial charge is 0.493 e. The predicted molar refractivity (Wildman–Crippen MR) is 80.0 cm³/mol. The second-order valence-corrected chi connectivity index (χ2v) is 5.01. The van der Waals surface area contributed by atoms with Crippen molar-refractivity contribution in [1.82, 2.24) is 5.32 Å². The summed E-state index contributed by atoms with van der Waals surface area (Å²) >= 11 is 0. The first kappa shape index (κ1) is 15.8. The van der Waals surface area contributed by atoms with E-state index in [4.69, 9.17) is 9.47 Å². The molecule has 0 aliphatic carbocycles. The van der Waals surface area contributed by atoms with Crippen LogP contribution in [0.25, 0.3) is 0 Å². The average molecular weight is 265 g/mol. The third-order valence-corrected chi connectivity index (χ3v) is 3.47. The molecule has 0 radical (unpaired) electrons. The molecule has 3 heteroatoms. The van der Waals surface area contributed by atoms with Gasteiger partial charge in [-0.2, -0.15) is 0 Å². The zero-order chi connectivity index (χ0) is 14.1. The Hall–Kier alpha value is -1.22. The standard InChI is InChI=1S/C16H27NO2/c1-5-11-17-14(3)13(2)10-12-19-16-9-7-6-8-15(16)18-4/h6-9,13-14,17H,5,10-12H2,1-4H3. The second-order valence-electron chi connectivity index (χ2n) is 5.01. The molecule has 1 aromatic carbocycles. The van der Waals surface area contributed by atoms with E-state index in [-0.39, 0.29) is 0 Å². The van der Waals surface area contributed by atoms with Crippen LogP contribution in [-0.4, -0.2) is 26.3 Å². The van der Waals surface area contributed by atoms with Gasteiger partial charge in [-0.25, -0.2) is 0 Å². The van der Waals surface area contributed by atoms with Crippen molar-refractivity contribution in [1.29, 1.82) is 0 Å². The normalized spacial score (nSPS) is 13.9. The van der Waals surface area contributed by atoms with Crippen LogP contribution in [0.5, 0.6) is 11.5 Å². The zero-order valence-corrected chi connectivity index (χ0v) is 12.6. The van der Waals surface area contributed by atoms with Crippen molar-refractivity contribution in [2.45, 2.75) is 39.7 Å². The highest BCUT2D eigenvalue weighted by Gasteiger charge is 2.11. The van der Waals surface area contributed by atoms with Gasteiger partial charge in [-0.3, -0.25) is 0 Å². The Morgan fingerprint density at radius 2 is 1.84 bits per heavy atom. The maximum absolute atomic E-state index is 5.80. The van der Waals surface area contributed by atoms with E-state index in [1.54, 1.807) is 7.11 Å². The minimum absolute atomic E-state index is 0.529. The predicted octanol–water partition coefficient (Wildman–Crippen LogP) is 3.49. The molecular weight excluding hydrogens is 238 g/mol. The summed E-state index contributed by atoms with van der Waals surface area (Å²) < 4.78 is 11.1. The van der Waals surface area contributed by atoms with Gasteiger partial charge < -0.3 is 14.8 Å². The van der Waals surface area contributed by atoms with Crippen molar-refractivity contribution in [3.8, 4) is 11.5 Å². The van der Waals surface area contributed by atoms with Gasteiger partial charge in [0.15, 0.2) is 11.5 Å². The van der Waals surface area contributed by atoms with Crippen LogP contribution in [0.4, 0.5) is 0 Å². The quantitative estimate of drug-likeness (QED) is 0.741. The lowest BCUT2D eigenvalue weighted by molar-refractivity contribution is 0.251. The molecule has 0 heterocycles. The highest BCUT2D eigenvalue weighted by molar-refractivity contribution is 5.39. The SMILES string of the molecule is CCCNC(C)C(C)CCOc1ccccc1OC. The summed E-state index contributed by atoms with van der Waals surface area (Å²) in [7, 11) is 1.67. The Morgan fingerprint density at radius 3 is 2.47 bits per heavy atom. The summed E-state index contributed by atoms with van der Waals surface area (Å²) in [5, 5.41) is 3.52. The summed E-state index contributed by atoms with van der Waals surface area (Å²) in [6, 6.07) is 8.31. The van der Waals surface area contributed by atoms with Crippen molar-refractivity contribution in [2.75, 3.05) is 20.3 Å². The van der Waals surface area contributed by atoms with Crippen LogP contribution < -0.4 is 14.8 Å². The van der Waals surface area contributed by atoms with Crippen LogP contribution in [0.1, 0.15) is 33.6 Å². The number of benzene rings is 1. The zero-order valence-electron chi connectivity index (χ0n) is 12.6. The van der Waals surface area contributed by atoms with E-state index in [1.807, 2.05) is 24.3 Å². The van der Waals surface area contributed by atoms with E-state index in [9.17, 15) is 0 Å². The van der Waals surface area contributed by atoms with E-state index < -0.39 is 0 Å². The summed E-state index contributed by atoms with van der Waals surface area (Å²) in [4.78, 5) is 0. The number of nitrogens with one attached hydrogen (secondary N) is 1. The molecule has 19 heavy (non-hydrogen) atoms. The molecule has 0 fully saturated rings. The minimum atomic E-state index is 0.529. The number of methoxy groups -OCH3 is 1. The molecule has 2 atom stereocenters. The molecular formula is C16H27NO2. The lowest BCUT2D eigenvalue weighted by atomic mass is 10.0. The molecule has 0 aliphatic rings. The fourth-order valence-corrected chi connectivity index (χ4v) is 1.92. The van der Waals surface area contributed by atoms with Gasteiger partial charge in [-0.1, -0.05) is 26.0 Å². The monoisotopic (exact) mass is 265 g/mol. The lowest BCUT2D eigenvalue weighted by Gasteiger charge is -2.21. The summed E-state index contributed by atoms with van der Waals surface area (Å²) in [5.74, 6) is 2.22. The first-order valence-corrected chi connectivity index (χ1v) is 7.18. The first-order valence-electron chi connectivity index (χ1n) is 7.18. The van der Waals surface area contributed by atoms with Gasteiger partial charge in [-0.05, 0) is 44.4 Å². The van der Waals surface area contributed by atoms with Crippen LogP contribution in [0, 0.1) is 5.92 Å². The number of hydrogen-bond acceptors (Lipinski definition) is 3. The molecule has 108 valence electrons. The Bertz CT molecular complexity index is 354. The molecule has 1 N–H and O–H groups in total. The summed E-state index contributed by atoms with van der Waals surface area (Å²) in [6.45, 7) is 8.50. The van der Waals surface area contributed by atoms with Crippen LogP contribution in [0.15, 0.2) is 24.3 Å². The third-order valence-electron chi connectivity index (χ3n) is 3.47. The smallest absolute Gasteiger partial charge is 0.161 e. The van der Waals surface area contributed by atoms with Crippen LogP contribution in [0.3, 0.4) is 0 Å². The highest BCUT2D eigenvalue weighted by atomic mass is 16.5. The van der Waals surface area contributed by atoms with E-state index in [2.05, 4.69) is 26.1 Å². The molecule has 0 saturated heterocycles. The Labute approximate surface area is 117 Å². The molecule has 0 bridgehead atoms. The number of rotatable bonds is 9. The number of ether oxygens (including phenoxy) is 2. The van der Waals surface area contributed by atoms with Gasteiger partial charge in [-0.15, -0.1) is 0 Å². The van der Waals surface area contributed by atoms with E-state index in [0.717, 1.165) is 31.1 Å². The van der Waals surface area contributed by atoms with Crippen molar-refractivity contribution in [3.05, 3.63) is 24.3 Å². The lowest BCUT2D eigenvalue weighted by Crippen LogP contribution is -2.33. The number of hydrogen-bond donors (Lipinski definition) is 1. The van der Waals surface area contributed by atoms with Gasteiger partial charge in [0.05, 0.1) is 13.7 Å². The van der Waals surface area contributed by atoms with Gasteiger partial charge in [0.2, 0.25) is 0 Å². The maximum Gasteiger partial charge on any atom is 0.161 e. The maximum atomic E-state index is 5.80. The second kappa shape index (κ2) is 8.81. The Kier molecular flexibility index (Phi) is 7.34. The van der Waals surface area contributed by atoms with Crippen LogP contribution in [-0.2, 0) is 0 Å². The molecule has 1 aromatic rings. The fraction of sp³-hybridized carbons (Fsp3) is 0.625.